The maximum Gasteiger partial charge on any atom is 0.134 e. The first-order valence-electron chi connectivity index (χ1n) is 5.95. The van der Waals surface area contributed by atoms with E-state index in [9.17, 15) is 0 Å². The molecule has 0 unspecified atom stereocenters. The van der Waals surface area contributed by atoms with Crippen molar-refractivity contribution in [3.05, 3.63) is 36.1 Å². The highest BCUT2D eigenvalue weighted by atomic mass is 16.3. The summed E-state index contributed by atoms with van der Waals surface area (Å²) in [5.41, 5.74) is 0.996. The molecule has 0 radical (unpaired) electrons. The zero-order valence-corrected chi connectivity index (χ0v) is 10.1. The van der Waals surface area contributed by atoms with Crippen LogP contribution in [0.4, 0.5) is 0 Å². The maximum absolute atomic E-state index is 5.77. The molecule has 0 aliphatic heterocycles. The predicted octanol–water partition coefficient (Wildman–Crippen LogP) is 3.32. The van der Waals surface area contributed by atoms with Gasteiger partial charge in [-0.1, -0.05) is 25.1 Å². The lowest BCUT2D eigenvalue weighted by molar-refractivity contribution is 0.329. The molecule has 0 saturated carbocycles. The normalized spacial score (nSPS) is 11.4. The molecule has 0 spiro atoms. The molecule has 0 atom stereocenters. The molecule has 0 bridgehead atoms. The third-order valence-electron chi connectivity index (χ3n) is 2.82. The molecule has 1 aromatic carbocycles. The average Bonchev–Trinajstić information content (AvgIpc) is 2.69. The summed E-state index contributed by atoms with van der Waals surface area (Å²) in [5, 5.41) is 1.20. The maximum atomic E-state index is 5.77. The molecule has 1 heterocycles. The van der Waals surface area contributed by atoms with E-state index in [1.807, 2.05) is 18.2 Å². The lowest BCUT2D eigenvalue weighted by Gasteiger charge is -2.13. The number of fused-ring (bicyclic) bond motifs is 1. The van der Waals surface area contributed by atoms with Crippen molar-refractivity contribution in [3.8, 4) is 0 Å². The van der Waals surface area contributed by atoms with Crippen LogP contribution in [0.25, 0.3) is 11.0 Å². The highest BCUT2D eigenvalue weighted by Crippen LogP contribution is 2.19. The minimum absolute atomic E-state index is 0.991. The molecule has 2 nitrogen and oxygen atoms in total. The third kappa shape index (κ3) is 2.64. The quantitative estimate of drug-likeness (QED) is 0.764. The topological polar surface area (TPSA) is 16.4 Å². The highest BCUT2D eigenvalue weighted by molar-refractivity contribution is 5.77. The second kappa shape index (κ2) is 5.17. The van der Waals surface area contributed by atoms with Gasteiger partial charge in [0.15, 0.2) is 0 Å². The van der Waals surface area contributed by atoms with Crippen LogP contribution in [0.5, 0.6) is 0 Å². The number of hydrogen-bond donors (Lipinski definition) is 0. The van der Waals surface area contributed by atoms with E-state index in [2.05, 4.69) is 31.0 Å². The van der Waals surface area contributed by atoms with Crippen LogP contribution in [0.1, 0.15) is 19.1 Å². The molecule has 0 amide bonds. The van der Waals surface area contributed by atoms with Gasteiger partial charge in [0.2, 0.25) is 0 Å². The summed E-state index contributed by atoms with van der Waals surface area (Å²) in [5.74, 6) is 1.09. The first-order chi connectivity index (χ1) is 7.79. The van der Waals surface area contributed by atoms with Gasteiger partial charge in [0.1, 0.15) is 11.3 Å². The number of benzene rings is 1. The van der Waals surface area contributed by atoms with Crippen molar-refractivity contribution in [2.45, 2.75) is 19.8 Å². The van der Waals surface area contributed by atoms with E-state index < -0.39 is 0 Å². The molecule has 16 heavy (non-hydrogen) atoms. The van der Waals surface area contributed by atoms with Crippen LogP contribution in [-0.2, 0) is 6.42 Å². The average molecular weight is 217 g/mol. The van der Waals surface area contributed by atoms with E-state index in [1.165, 1.54) is 11.8 Å². The lowest BCUT2D eigenvalue weighted by Crippen LogP contribution is -2.21. The van der Waals surface area contributed by atoms with E-state index in [0.29, 0.717) is 0 Å². The van der Waals surface area contributed by atoms with Crippen molar-refractivity contribution in [2.24, 2.45) is 0 Å². The van der Waals surface area contributed by atoms with Crippen LogP contribution in [0.3, 0.4) is 0 Å². The predicted molar refractivity (Wildman–Crippen MR) is 67.7 cm³/mol. The van der Waals surface area contributed by atoms with E-state index in [0.717, 1.165) is 30.9 Å². The fourth-order valence-corrected chi connectivity index (χ4v) is 1.95. The van der Waals surface area contributed by atoms with Crippen molar-refractivity contribution < 1.29 is 4.42 Å². The minimum atomic E-state index is 0.991. The molecule has 86 valence electrons. The largest absolute Gasteiger partial charge is 0.461 e. The lowest BCUT2D eigenvalue weighted by atomic mass is 10.2. The Hall–Kier alpha value is -1.28. The van der Waals surface area contributed by atoms with Crippen molar-refractivity contribution in [2.75, 3.05) is 20.1 Å². The molecular formula is C14H19NO. The number of rotatable bonds is 5. The van der Waals surface area contributed by atoms with Gasteiger partial charge in [-0.15, -0.1) is 0 Å². The Bertz CT molecular complexity index is 414. The Kier molecular flexibility index (Phi) is 3.62. The monoisotopic (exact) mass is 217 g/mol. The first-order valence-corrected chi connectivity index (χ1v) is 5.95. The fraction of sp³-hybridized carbons (Fsp3) is 0.429. The first kappa shape index (κ1) is 11.2. The Morgan fingerprint density at radius 2 is 2.00 bits per heavy atom. The van der Waals surface area contributed by atoms with Gasteiger partial charge in [0.25, 0.3) is 0 Å². The molecule has 2 rings (SSSR count). The fourth-order valence-electron chi connectivity index (χ4n) is 1.95. The summed E-state index contributed by atoms with van der Waals surface area (Å²) in [4.78, 5) is 2.34. The van der Waals surface area contributed by atoms with E-state index in [-0.39, 0.29) is 0 Å². The summed E-state index contributed by atoms with van der Waals surface area (Å²) in [7, 11) is 2.16. The zero-order chi connectivity index (χ0) is 11.4. The van der Waals surface area contributed by atoms with Crippen molar-refractivity contribution in [1.82, 2.24) is 4.90 Å². The number of nitrogens with zero attached hydrogens (tertiary/aromatic N) is 1. The van der Waals surface area contributed by atoms with Gasteiger partial charge in [0, 0.05) is 18.4 Å². The van der Waals surface area contributed by atoms with Gasteiger partial charge in [0.05, 0.1) is 0 Å². The van der Waals surface area contributed by atoms with Crippen LogP contribution in [0, 0.1) is 0 Å². The molecule has 0 fully saturated rings. The molecule has 0 aliphatic rings. The van der Waals surface area contributed by atoms with Gasteiger partial charge in [-0.3, -0.25) is 0 Å². The molecule has 2 aromatic rings. The molecule has 0 N–H and O–H groups in total. The van der Waals surface area contributed by atoms with Gasteiger partial charge >= 0.3 is 0 Å². The van der Waals surface area contributed by atoms with Crippen molar-refractivity contribution in [1.29, 1.82) is 0 Å². The number of para-hydroxylation sites is 1. The number of furan rings is 1. The van der Waals surface area contributed by atoms with Gasteiger partial charge < -0.3 is 9.32 Å². The molecule has 2 heteroatoms. The summed E-state index contributed by atoms with van der Waals surface area (Å²) < 4.78 is 5.77. The van der Waals surface area contributed by atoms with E-state index in [4.69, 9.17) is 4.42 Å². The Morgan fingerprint density at radius 3 is 2.75 bits per heavy atom. The molecule has 0 aliphatic carbocycles. The smallest absolute Gasteiger partial charge is 0.134 e. The van der Waals surface area contributed by atoms with Crippen LogP contribution in [0.15, 0.2) is 34.7 Å². The Labute approximate surface area is 96.9 Å². The number of hydrogen-bond acceptors (Lipinski definition) is 2. The summed E-state index contributed by atoms with van der Waals surface area (Å²) >= 11 is 0. The second-order valence-corrected chi connectivity index (χ2v) is 4.30. The highest BCUT2D eigenvalue weighted by Gasteiger charge is 2.04. The molecule has 0 saturated heterocycles. The molecular weight excluding hydrogens is 198 g/mol. The van der Waals surface area contributed by atoms with Gasteiger partial charge in [-0.25, -0.2) is 0 Å². The van der Waals surface area contributed by atoms with Gasteiger partial charge in [-0.2, -0.15) is 0 Å². The van der Waals surface area contributed by atoms with Crippen LogP contribution in [0.2, 0.25) is 0 Å². The van der Waals surface area contributed by atoms with Crippen molar-refractivity contribution >= 4 is 11.0 Å². The van der Waals surface area contributed by atoms with Crippen LogP contribution in [-0.4, -0.2) is 25.0 Å². The zero-order valence-electron chi connectivity index (χ0n) is 10.1. The third-order valence-corrected chi connectivity index (χ3v) is 2.82. The standard InChI is InChI=1S/C14H19NO/c1-3-9-15(2)10-8-13-11-12-6-4-5-7-14(12)16-13/h4-7,11H,3,8-10H2,1-2H3. The van der Waals surface area contributed by atoms with Gasteiger partial charge in [-0.05, 0) is 32.1 Å². The second-order valence-electron chi connectivity index (χ2n) is 4.30. The Balaban J connectivity index is 1.99. The molecule has 1 aromatic heterocycles. The summed E-state index contributed by atoms with van der Waals surface area (Å²) in [6, 6.07) is 10.3. The van der Waals surface area contributed by atoms with Crippen LogP contribution < -0.4 is 0 Å². The van der Waals surface area contributed by atoms with Crippen LogP contribution >= 0.6 is 0 Å². The summed E-state index contributed by atoms with van der Waals surface area (Å²) in [6.07, 6.45) is 2.20. The van der Waals surface area contributed by atoms with E-state index in [1.54, 1.807) is 0 Å². The SMILES string of the molecule is CCCN(C)CCc1cc2ccccc2o1. The summed E-state index contributed by atoms with van der Waals surface area (Å²) in [6.45, 7) is 4.42. The van der Waals surface area contributed by atoms with E-state index >= 15 is 0 Å². The minimum Gasteiger partial charge on any atom is -0.461 e. The van der Waals surface area contributed by atoms with Crippen molar-refractivity contribution in [3.63, 3.8) is 0 Å². The number of likely N-dealkylation sites (N-methyl/N-ethyl adjacent to an activating group) is 1. The Morgan fingerprint density at radius 1 is 1.19 bits per heavy atom.